The van der Waals surface area contributed by atoms with Gasteiger partial charge >= 0.3 is 0 Å². The summed E-state index contributed by atoms with van der Waals surface area (Å²) in [6.07, 6.45) is -1.82. The Morgan fingerprint density at radius 1 is 1.24 bits per heavy atom. The van der Waals surface area contributed by atoms with Crippen LogP contribution in [0, 0.1) is 0 Å². The van der Waals surface area contributed by atoms with Gasteiger partial charge in [-0.15, -0.1) is 0 Å². The fraction of sp³-hybridized carbons (Fsp3) is 0.500. The molecular weight excluding hydrogens is 228 g/mol. The van der Waals surface area contributed by atoms with Crippen molar-refractivity contribution in [2.24, 2.45) is 5.73 Å². The average molecular weight is 245 g/mol. The minimum atomic E-state index is -2.41. The molecule has 1 rings (SSSR count). The standard InChI is InChI=1S/C12H17F2NO2/c13-12(14)9-16-5-2-6-17-11-4-1-3-10(7-11)8-15/h1,3-4,7,12H,2,5-6,8-9,15H2. The third-order valence-electron chi connectivity index (χ3n) is 2.08. The summed E-state index contributed by atoms with van der Waals surface area (Å²) >= 11 is 0. The molecule has 0 amide bonds. The Labute approximate surface area is 99.5 Å². The maximum atomic E-state index is 11.7. The number of alkyl halides is 2. The minimum absolute atomic E-state index is 0.279. The number of halogens is 2. The molecule has 0 bridgehead atoms. The van der Waals surface area contributed by atoms with E-state index in [1.54, 1.807) is 0 Å². The van der Waals surface area contributed by atoms with Gasteiger partial charge < -0.3 is 15.2 Å². The second-order valence-corrected chi connectivity index (χ2v) is 3.52. The molecule has 0 radical (unpaired) electrons. The van der Waals surface area contributed by atoms with E-state index in [9.17, 15) is 8.78 Å². The van der Waals surface area contributed by atoms with Crippen LogP contribution in [0.15, 0.2) is 24.3 Å². The predicted molar refractivity (Wildman–Crippen MR) is 61.3 cm³/mol. The quantitative estimate of drug-likeness (QED) is 0.714. The molecular formula is C12H17F2NO2. The molecule has 0 unspecified atom stereocenters. The molecule has 2 N–H and O–H groups in total. The third kappa shape index (κ3) is 6.19. The SMILES string of the molecule is NCc1cccc(OCCCOCC(F)F)c1. The van der Waals surface area contributed by atoms with Crippen molar-refractivity contribution in [3.05, 3.63) is 29.8 Å². The van der Waals surface area contributed by atoms with Crippen LogP contribution < -0.4 is 10.5 Å². The minimum Gasteiger partial charge on any atom is -0.493 e. The first kappa shape index (κ1) is 13.9. The molecule has 1 aromatic rings. The van der Waals surface area contributed by atoms with Gasteiger partial charge in [0.15, 0.2) is 0 Å². The van der Waals surface area contributed by atoms with Crippen molar-refractivity contribution in [2.45, 2.75) is 19.4 Å². The Bertz CT molecular complexity index is 321. The van der Waals surface area contributed by atoms with Crippen LogP contribution in [0.3, 0.4) is 0 Å². The maximum absolute atomic E-state index is 11.7. The lowest BCUT2D eigenvalue weighted by Crippen LogP contribution is -2.08. The zero-order valence-electron chi connectivity index (χ0n) is 9.57. The van der Waals surface area contributed by atoms with Gasteiger partial charge in [0.1, 0.15) is 12.4 Å². The highest BCUT2D eigenvalue weighted by atomic mass is 19.3. The molecule has 0 aromatic heterocycles. The number of nitrogens with two attached hydrogens (primary N) is 1. The van der Waals surface area contributed by atoms with Gasteiger partial charge in [0, 0.05) is 13.0 Å². The highest BCUT2D eigenvalue weighted by molar-refractivity contribution is 5.28. The van der Waals surface area contributed by atoms with Gasteiger partial charge in [-0.05, 0) is 17.7 Å². The van der Waals surface area contributed by atoms with Crippen LogP contribution in [-0.4, -0.2) is 26.2 Å². The summed E-state index contributed by atoms with van der Waals surface area (Å²) < 4.78 is 33.6. The summed E-state index contributed by atoms with van der Waals surface area (Å²) in [5.74, 6) is 0.738. The second-order valence-electron chi connectivity index (χ2n) is 3.52. The summed E-state index contributed by atoms with van der Waals surface area (Å²) in [6, 6.07) is 7.47. The number of rotatable bonds is 8. The van der Waals surface area contributed by atoms with Gasteiger partial charge in [-0.1, -0.05) is 12.1 Å². The number of hydrogen-bond donors (Lipinski definition) is 1. The molecule has 0 fully saturated rings. The lowest BCUT2D eigenvalue weighted by molar-refractivity contribution is 0.0139. The molecule has 1 aromatic carbocycles. The predicted octanol–water partition coefficient (Wildman–Crippen LogP) is 2.20. The molecule has 96 valence electrons. The number of ether oxygens (including phenoxy) is 2. The highest BCUT2D eigenvalue weighted by Crippen LogP contribution is 2.12. The van der Waals surface area contributed by atoms with Crippen LogP contribution in [0.25, 0.3) is 0 Å². The Morgan fingerprint density at radius 3 is 2.76 bits per heavy atom. The van der Waals surface area contributed by atoms with Crippen LogP contribution in [0.1, 0.15) is 12.0 Å². The van der Waals surface area contributed by atoms with Gasteiger partial charge in [-0.25, -0.2) is 8.78 Å². The normalized spacial score (nSPS) is 10.8. The van der Waals surface area contributed by atoms with Gasteiger partial charge in [-0.2, -0.15) is 0 Å². The van der Waals surface area contributed by atoms with E-state index in [2.05, 4.69) is 0 Å². The van der Waals surface area contributed by atoms with Crippen molar-refractivity contribution in [1.29, 1.82) is 0 Å². The van der Waals surface area contributed by atoms with Crippen molar-refractivity contribution in [2.75, 3.05) is 19.8 Å². The first-order valence-electron chi connectivity index (χ1n) is 5.50. The summed E-state index contributed by atoms with van der Waals surface area (Å²) in [4.78, 5) is 0. The van der Waals surface area contributed by atoms with E-state index in [4.69, 9.17) is 15.2 Å². The molecule has 0 saturated heterocycles. The van der Waals surface area contributed by atoms with E-state index >= 15 is 0 Å². The van der Waals surface area contributed by atoms with Gasteiger partial charge in [0.25, 0.3) is 6.43 Å². The lowest BCUT2D eigenvalue weighted by Gasteiger charge is -2.07. The first-order valence-corrected chi connectivity index (χ1v) is 5.50. The Morgan fingerprint density at radius 2 is 2.06 bits per heavy atom. The van der Waals surface area contributed by atoms with Crippen LogP contribution >= 0.6 is 0 Å². The van der Waals surface area contributed by atoms with Crippen molar-refractivity contribution < 1.29 is 18.3 Å². The fourth-order valence-corrected chi connectivity index (χ4v) is 1.29. The second kappa shape index (κ2) is 7.97. The van der Waals surface area contributed by atoms with E-state index in [-0.39, 0.29) is 6.61 Å². The lowest BCUT2D eigenvalue weighted by atomic mass is 10.2. The zero-order valence-corrected chi connectivity index (χ0v) is 9.57. The van der Waals surface area contributed by atoms with Gasteiger partial charge in [0.05, 0.1) is 13.2 Å². The first-order chi connectivity index (χ1) is 8.22. The summed E-state index contributed by atoms with van der Waals surface area (Å²) in [5, 5.41) is 0. The topological polar surface area (TPSA) is 44.5 Å². The third-order valence-corrected chi connectivity index (χ3v) is 2.08. The van der Waals surface area contributed by atoms with E-state index in [0.717, 1.165) is 11.3 Å². The average Bonchev–Trinajstić information content (AvgIpc) is 2.33. The van der Waals surface area contributed by atoms with Crippen molar-refractivity contribution in [3.8, 4) is 5.75 Å². The number of hydrogen-bond acceptors (Lipinski definition) is 3. The number of benzene rings is 1. The van der Waals surface area contributed by atoms with Gasteiger partial charge in [0.2, 0.25) is 0 Å². The summed E-state index contributed by atoms with van der Waals surface area (Å²) in [5.41, 5.74) is 6.49. The van der Waals surface area contributed by atoms with Crippen molar-refractivity contribution in [1.82, 2.24) is 0 Å². The summed E-state index contributed by atoms with van der Waals surface area (Å²) in [6.45, 7) is 0.676. The van der Waals surface area contributed by atoms with Crippen LogP contribution in [0.4, 0.5) is 8.78 Å². The van der Waals surface area contributed by atoms with Crippen LogP contribution in [0.2, 0.25) is 0 Å². The molecule has 0 atom stereocenters. The van der Waals surface area contributed by atoms with E-state index in [0.29, 0.717) is 19.6 Å². The fourth-order valence-electron chi connectivity index (χ4n) is 1.29. The summed E-state index contributed by atoms with van der Waals surface area (Å²) in [7, 11) is 0. The largest absolute Gasteiger partial charge is 0.493 e. The zero-order chi connectivity index (χ0) is 12.5. The molecule has 5 heteroatoms. The molecule has 0 saturated carbocycles. The van der Waals surface area contributed by atoms with Gasteiger partial charge in [-0.3, -0.25) is 0 Å². The Balaban J connectivity index is 2.13. The molecule has 0 aliphatic heterocycles. The molecule has 17 heavy (non-hydrogen) atoms. The van der Waals surface area contributed by atoms with E-state index in [1.807, 2.05) is 24.3 Å². The van der Waals surface area contributed by atoms with Crippen LogP contribution in [-0.2, 0) is 11.3 Å². The molecule has 0 spiro atoms. The molecule has 3 nitrogen and oxygen atoms in total. The van der Waals surface area contributed by atoms with Crippen molar-refractivity contribution in [3.63, 3.8) is 0 Å². The van der Waals surface area contributed by atoms with E-state index < -0.39 is 13.0 Å². The molecule has 0 aliphatic rings. The Hall–Kier alpha value is -1.20. The molecule has 0 aliphatic carbocycles. The van der Waals surface area contributed by atoms with Crippen molar-refractivity contribution >= 4 is 0 Å². The van der Waals surface area contributed by atoms with E-state index in [1.165, 1.54) is 0 Å². The maximum Gasteiger partial charge on any atom is 0.261 e. The monoisotopic (exact) mass is 245 g/mol. The molecule has 0 heterocycles. The Kier molecular flexibility index (Phi) is 6.50. The van der Waals surface area contributed by atoms with Crippen LogP contribution in [0.5, 0.6) is 5.75 Å². The smallest absolute Gasteiger partial charge is 0.261 e. The highest BCUT2D eigenvalue weighted by Gasteiger charge is 2.01.